The average molecular weight is 287 g/mol. The molecule has 0 amide bonds. The van der Waals surface area contributed by atoms with E-state index in [1.54, 1.807) is 0 Å². The summed E-state index contributed by atoms with van der Waals surface area (Å²) in [7, 11) is -6.45. The number of rotatable bonds is 10. The smallest absolute Gasteiger partial charge is 0.211 e. The van der Waals surface area contributed by atoms with Crippen LogP contribution in [0.15, 0.2) is 0 Å². The third-order valence-electron chi connectivity index (χ3n) is 1.92. The number of hydrogen-bond acceptors (Lipinski definition) is 5. The fraction of sp³-hybridized carbons (Fsp3) is 1.00. The van der Waals surface area contributed by atoms with Gasteiger partial charge in [-0.15, -0.1) is 0 Å². The molecular weight excluding hydrogens is 266 g/mol. The lowest BCUT2D eigenvalue weighted by atomic mass is 10.5. The molecule has 6 nitrogen and oxygen atoms in total. The molecule has 0 spiro atoms. The van der Waals surface area contributed by atoms with Gasteiger partial charge in [0.1, 0.15) is 9.84 Å². The van der Waals surface area contributed by atoms with Crippen molar-refractivity contribution in [1.82, 2.24) is 4.72 Å². The van der Waals surface area contributed by atoms with Gasteiger partial charge in [0.25, 0.3) is 0 Å². The first kappa shape index (κ1) is 16.8. The summed E-state index contributed by atoms with van der Waals surface area (Å²) in [5.74, 6) is -0.262. The summed E-state index contributed by atoms with van der Waals surface area (Å²) in [5, 5.41) is 0. The van der Waals surface area contributed by atoms with Gasteiger partial charge < -0.3 is 4.74 Å². The molecule has 8 heteroatoms. The standard InChI is InChI=1S/C9H21NO5S2/c1-3-15-7-4-6-10-17(13,14)9-5-8-16(2,11)12/h10H,3-9H2,1-2H3. The lowest BCUT2D eigenvalue weighted by Crippen LogP contribution is -2.28. The second-order valence-electron chi connectivity index (χ2n) is 3.75. The zero-order valence-corrected chi connectivity index (χ0v) is 11.9. The minimum atomic E-state index is -3.36. The van der Waals surface area contributed by atoms with E-state index in [1.165, 1.54) is 0 Å². The Hall–Kier alpha value is -0.180. The van der Waals surface area contributed by atoms with Crippen molar-refractivity contribution in [3.05, 3.63) is 0 Å². The first-order valence-electron chi connectivity index (χ1n) is 5.49. The van der Waals surface area contributed by atoms with Gasteiger partial charge in [-0.1, -0.05) is 0 Å². The first-order chi connectivity index (χ1) is 7.77. The van der Waals surface area contributed by atoms with Gasteiger partial charge in [0.15, 0.2) is 0 Å². The second-order valence-corrected chi connectivity index (χ2v) is 7.93. The van der Waals surface area contributed by atoms with E-state index >= 15 is 0 Å². The van der Waals surface area contributed by atoms with Crippen LogP contribution in [0.2, 0.25) is 0 Å². The van der Waals surface area contributed by atoms with E-state index in [-0.39, 0.29) is 17.9 Å². The normalized spacial score (nSPS) is 12.8. The molecule has 0 fully saturated rings. The Labute approximate surface area is 104 Å². The van der Waals surface area contributed by atoms with Gasteiger partial charge in [-0.25, -0.2) is 21.6 Å². The van der Waals surface area contributed by atoms with Crippen LogP contribution in [0, 0.1) is 0 Å². The highest BCUT2D eigenvalue weighted by Crippen LogP contribution is 1.94. The van der Waals surface area contributed by atoms with E-state index in [9.17, 15) is 16.8 Å². The fourth-order valence-corrected chi connectivity index (χ4v) is 3.11. The predicted molar refractivity (Wildman–Crippen MR) is 67.2 cm³/mol. The van der Waals surface area contributed by atoms with Gasteiger partial charge in [0.2, 0.25) is 10.0 Å². The summed E-state index contributed by atoms with van der Waals surface area (Å²) < 4.78 is 51.9. The number of sulfonamides is 1. The maximum atomic E-state index is 11.4. The van der Waals surface area contributed by atoms with E-state index in [1.807, 2.05) is 6.92 Å². The van der Waals surface area contributed by atoms with Crippen LogP contribution < -0.4 is 4.72 Å². The third kappa shape index (κ3) is 12.1. The molecule has 0 aromatic rings. The summed E-state index contributed by atoms with van der Waals surface area (Å²) in [5.41, 5.74) is 0. The Kier molecular flexibility index (Phi) is 7.93. The van der Waals surface area contributed by atoms with Gasteiger partial charge in [0, 0.05) is 26.0 Å². The van der Waals surface area contributed by atoms with E-state index < -0.39 is 19.9 Å². The lowest BCUT2D eigenvalue weighted by Gasteiger charge is -2.06. The van der Waals surface area contributed by atoms with Crippen LogP contribution in [0.1, 0.15) is 19.8 Å². The largest absolute Gasteiger partial charge is 0.382 e. The minimum absolute atomic E-state index is 0.104. The summed E-state index contributed by atoms with van der Waals surface area (Å²) in [4.78, 5) is 0. The van der Waals surface area contributed by atoms with Crippen molar-refractivity contribution in [2.75, 3.05) is 37.5 Å². The van der Waals surface area contributed by atoms with E-state index in [2.05, 4.69) is 4.72 Å². The molecule has 0 aromatic carbocycles. The van der Waals surface area contributed by atoms with Crippen molar-refractivity contribution in [1.29, 1.82) is 0 Å². The van der Waals surface area contributed by atoms with Crippen LogP contribution in [0.5, 0.6) is 0 Å². The van der Waals surface area contributed by atoms with Crippen LogP contribution >= 0.6 is 0 Å². The molecule has 0 bridgehead atoms. The van der Waals surface area contributed by atoms with Crippen LogP contribution in [-0.4, -0.2) is 54.4 Å². The maximum absolute atomic E-state index is 11.4. The molecule has 1 N–H and O–H groups in total. The van der Waals surface area contributed by atoms with Gasteiger partial charge in [-0.2, -0.15) is 0 Å². The SMILES string of the molecule is CCOCCCNS(=O)(=O)CCCS(C)(=O)=O. The summed E-state index contributed by atoms with van der Waals surface area (Å²) in [6.45, 7) is 3.32. The highest BCUT2D eigenvalue weighted by atomic mass is 32.2. The Balaban J connectivity index is 3.74. The molecule has 17 heavy (non-hydrogen) atoms. The molecule has 0 heterocycles. The zero-order valence-electron chi connectivity index (χ0n) is 10.3. The molecule has 0 saturated carbocycles. The number of hydrogen-bond donors (Lipinski definition) is 1. The molecule has 0 aliphatic rings. The quantitative estimate of drug-likeness (QED) is 0.560. The highest BCUT2D eigenvalue weighted by Gasteiger charge is 2.11. The molecule has 0 aromatic heterocycles. The van der Waals surface area contributed by atoms with E-state index in [4.69, 9.17) is 4.74 Å². The summed E-state index contributed by atoms with van der Waals surface area (Å²) >= 11 is 0. The molecule has 0 unspecified atom stereocenters. The van der Waals surface area contributed by atoms with Crippen LogP contribution in [0.4, 0.5) is 0 Å². The van der Waals surface area contributed by atoms with Crippen LogP contribution in [0.3, 0.4) is 0 Å². The Bertz CT molecular complexity index is 388. The highest BCUT2D eigenvalue weighted by molar-refractivity contribution is 7.91. The second kappa shape index (κ2) is 8.02. The molecule has 0 radical (unpaired) electrons. The van der Waals surface area contributed by atoms with Gasteiger partial charge in [-0.05, 0) is 19.8 Å². The van der Waals surface area contributed by atoms with Crippen molar-refractivity contribution in [2.24, 2.45) is 0 Å². The zero-order chi connectivity index (χ0) is 13.4. The molecule has 0 aliphatic heterocycles. The van der Waals surface area contributed by atoms with Crippen molar-refractivity contribution in [3.8, 4) is 0 Å². The van der Waals surface area contributed by atoms with Gasteiger partial charge in [0.05, 0.1) is 11.5 Å². The van der Waals surface area contributed by atoms with Crippen molar-refractivity contribution < 1.29 is 21.6 Å². The van der Waals surface area contributed by atoms with Crippen molar-refractivity contribution in [3.63, 3.8) is 0 Å². The summed E-state index contributed by atoms with van der Waals surface area (Å²) in [6, 6.07) is 0. The molecule has 0 rings (SSSR count). The van der Waals surface area contributed by atoms with Crippen molar-refractivity contribution in [2.45, 2.75) is 19.8 Å². The predicted octanol–water partition coefficient (Wildman–Crippen LogP) is -0.233. The Morgan fingerprint density at radius 3 is 2.24 bits per heavy atom. The first-order valence-corrected chi connectivity index (χ1v) is 9.21. The fourth-order valence-electron chi connectivity index (χ4n) is 1.13. The van der Waals surface area contributed by atoms with Gasteiger partial charge in [-0.3, -0.25) is 0 Å². The van der Waals surface area contributed by atoms with E-state index in [0.717, 1.165) is 6.26 Å². The molecule has 104 valence electrons. The van der Waals surface area contributed by atoms with Crippen LogP contribution in [0.25, 0.3) is 0 Å². The Morgan fingerprint density at radius 2 is 1.71 bits per heavy atom. The number of ether oxygens (including phenoxy) is 1. The maximum Gasteiger partial charge on any atom is 0.211 e. The lowest BCUT2D eigenvalue weighted by molar-refractivity contribution is 0.146. The third-order valence-corrected chi connectivity index (χ3v) is 4.42. The molecule has 0 saturated heterocycles. The number of sulfone groups is 1. The molecule has 0 aliphatic carbocycles. The van der Waals surface area contributed by atoms with E-state index in [0.29, 0.717) is 26.2 Å². The van der Waals surface area contributed by atoms with Gasteiger partial charge >= 0.3 is 0 Å². The minimum Gasteiger partial charge on any atom is -0.382 e. The van der Waals surface area contributed by atoms with Crippen LogP contribution in [-0.2, 0) is 24.6 Å². The Morgan fingerprint density at radius 1 is 1.06 bits per heavy atom. The summed E-state index contributed by atoms with van der Waals surface area (Å²) in [6.07, 6.45) is 1.83. The number of nitrogens with one attached hydrogen (secondary N) is 1. The average Bonchev–Trinajstić information content (AvgIpc) is 2.14. The molecule has 0 atom stereocenters. The topological polar surface area (TPSA) is 89.5 Å². The van der Waals surface area contributed by atoms with Crippen molar-refractivity contribution >= 4 is 19.9 Å². The molecular formula is C9H21NO5S2. The monoisotopic (exact) mass is 287 g/mol.